The summed E-state index contributed by atoms with van der Waals surface area (Å²) in [4.78, 5) is 27.3. The van der Waals surface area contributed by atoms with Crippen LogP contribution in [0.3, 0.4) is 0 Å². The van der Waals surface area contributed by atoms with Crippen LogP contribution in [0.1, 0.15) is 0 Å². The normalized spacial score (nSPS) is 18.0. The number of nitrogens with zero attached hydrogens (tertiary/aromatic N) is 5. The van der Waals surface area contributed by atoms with Gasteiger partial charge in [-0.15, -0.1) is 0 Å². The van der Waals surface area contributed by atoms with Gasteiger partial charge < -0.3 is 14.5 Å². The van der Waals surface area contributed by atoms with E-state index in [0.717, 1.165) is 50.1 Å². The molecule has 0 atom stereocenters. The van der Waals surface area contributed by atoms with Gasteiger partial charge in [-0.1, -0.05) is 12.1 Å². The summed E-state index contributed by atoms with van der Waals surface area (Å²) in [5, 5.41) is 0. The topological polar surface area (TPSA) is 61.8 Å². The summed E-state index contributed by atoms with van der Waals surface area (Å²) in [5.41, 5.74) is 0.870. The van der Waals surface area contributed by atoms with Crippen molar-refractivity contribution in [3.05, 3.63) is 42.7 Å². The standard InChI is InChI=1S/C18H21N5O2/c24-17-14-25-16-5-2-1-4-15(16)23(17)13-10-21-8-11-22(12-9-21)18-19-6-3-7-20-18/h1-7H,8-14H2. The van der Waals surface area contributed by atoms with Gasteiger partial charge in [0.2, 0.25) is 5.95 Å². The number of fused-ring (bicyclic) bond motifs is 1. The predicted octanol–water partition coefficient (Wildman–Crippen LogP) is 1.02. The number of para-hydroxylation sites is 2. The lowest BCUT2D eigenvalue weighted by atomic mass is 10.2. The van der Waals surface area contributed by atoms with Gasteiger partial charge in [0, 0.05) is 51.7 Å². The van der Waals surface area contributed by atoms with Gasteiger partial charge in [-0.25, -0.2) is 9.97 Å². The molecular weight excluding hydrogens is 318 g/mol. The summed E-state index contributed by atoms with van der Waals surface area (Å²) in [7, 11) is 0. The molecule has 3 heterocycles. The average molecular weight is 339 g/mol. The van der Waals surface area contributed by atoms with Gasteiger partial charge in [0.25, 0.3) is 5.91 Å². The van der Waals surface area contributed by atoms with E-state index < -0.39 is 0 Å². The summed E-state index contributed by atoms with van der Waals surface area (Å²) in [6.45, 7) is 5.34. The number of rotatable bonds is 4. The van der Waals surface area contributed by atoms with Crippen LogP contribution in [0.5, 0.6) is 5.75 Å². The van der Waals surface area contributed by atoms with Crippen molar-refractivity contribution in [2.45, 2.75) is 0 Å². The van der Waals surface area contributed by atoms with Crippen molar-refractivity contribution < 1.29 is 9.53 Å². The van der Waals surface area contributed by atoms with E-state index in [1.165, 1.54) is 0 Å². The highest BCUT2D eigenvalue weighted by molar-refractivity contribution is 5.97. The molecule has 2 aromatic rings. The molecular formula is C18H21N5O2. The maximum atomic E-state index is 12.2. The maximum Gasteiger partial charge on any atom is 0.265 e. The first-order chi connectivity index (χ1) is 12.3. The largest absolute Gasteiger partial charge is 0.482 e. The van der Waals surface area contributed by atoms with Gasteiger partial charge in [0.15, 0.2) is 6.61 Å². The summed E-state index contributed by atoms with van der Waals surface area (Å²) in [6, 6.07) is 9.55. The third-order valence-electron chi connectivity index (χ3n) is 4.66. The summed E-state index contributed by atoms with van der Waals surface area (Å²) < 4.78 is 5.50. The van der Waals surface area contributed by atoms with Gasteiger partial charge in [-0.05, 0) is 18.2 Å². The number of anilines is 2. The van der Waals surface area contributed by atoms with E-state index in [0.29, 0.717) is 6.54 Å². The Balaban J connectivity index is 1.33. The molecule has 0 bridgehead atoms. The minimum absolute atomic E-state index is 0.0232. The number of ether oxygens (including phenoxy) is 1. The van der Waals surface area contributed by atoms with Crippen LogP contribution in [0.4, 0.5) is 11.6 Å². The molecule has 7 nitrogen and oxygen atoms in total. The Morgan fingerprint density at radius 2 is 1.72 bits per heavy atom. The second-order valence-electron chi connectivity index (χ2n) is 6.18. The molecule has 1 aromatic heterocycles. The molecule has 1 amide bonds. The van der Waals surface area contributed by atoms with Crippen LogP contribution >= 0.6 is 0 Å². The lowest BCUT2D eigenvalue weighted by Gasteiger charge is -2.36. The quantitative estimate of drug-likeness (QED) is 0.829. The van der Waals surface area contributed by atoms with Gasteiger partial charge in [-0.2, -0.15) is 0 Å². The number of benzene rings is 1. The van der Waals surface area contributed by atoms with Crippen molar-refractivity contribution in [1.82, 2.24) is 14.9 Å². The van der Waals surface area contributed by atoms with Gasteiger partial charge in [0.1, 0.15) is 5.75 Å². The van der Waals surface area contributed by atoms with Crippen molar-refractivity contribution in [3.8, 4) is 5.75 Å². The Morgan fingerprint density at radius 3 is 2.52 bits per heavy atom. The highest BCUT2D eigenvalue weighted by Gasteiger charge is 2.26. The summed E-state index contributed by atoms with van der Waals surface area (Å²) in [6.07, 6.45) is 3.55. The van der Waals surface area contributed by atoms with E-state index in [4.69, 9.17) is 4.74 Å². The van der Waals surface area contributed by atoms with Crippen molar-refractivity contribution in [3.63, 3.8) is 0 Å². The monoisotopic (exact) mass is 339 g/mol. The zero-order chi connectivity index (χ0) is 17.1. The van der Waals surface area contributed by atoms with Gasteiger partial charge in [-0.3, -0.25) is 9.69 Å². The fraction of sp³-hybridized carbons (Fsp3) is 0.389. The molecule has 2 aliphatic heterocycles. The van der Waals surface area contributed by atoms with E-state index >= 15 is 0 Å². The van der Waals surface area contributed by atoms with E-state index in [2.05, 4.69) is 19.8 Å². The number of carbonyl (C=O) groups excluding carboxylic acids is 1. The van der Waals surface area contributed by atoms with Crippen molar-refractivity contribution in [2.24, 2.45) is 0 Å². The molecule has 7 heteroatoms. The first-order valence-electron chi connectivity index (χ1n) is 8.58. The molecule has 0 unspecified atom stereocenters. The number of hydrogen-bond donors (Lipinski definition) is 0. The fourth-order valence-electron chi connectivity index (χ4n) is 3.27. The number of piperazine rings is 1. The van der Waals surface area contributed by atoms with Crippen LogP contribution < -0.4 is 14.5 Å². The molecule has 0 radical (unpaired) electrons. The Kier molecular flexibility index (Phi) is 4.47. The molecule has 1 aromatic carbocycles. The Bertz CT molecular complexity index is 731. The first-order valence-corrected chi connectivity index (χ1v) is 8.58. The fourth-order valence-corrected chi connectivity index (χ4v) is 3.27. The van der Waals surface area contributed by atoms with E-state index in [1.807, 2.05) is 35.2 Å². The molecule has 0 aliphatic carbocycles. The lowest BCUT2D eigenvalue weighted by Crippen LogP contribution is -2.50. The summed E-state index contributed by atoms with van der Waals surface area (Å²) in [5.74, 6) is 1.60. The van der Waals surface area contributed by atoms with E-state index in [9.17, 15) is 4.79 Å². The first kappa shape index (κ1) is 15.8. The van der Waals surface area contributed by atoms with Crippen LogP contribution in [-0.4, -0.2) is 66.7 Å². The van der Waals surface area contributed by atoms with Crippen LogP contribution in [-0.2, 0) is 4.79 Å². The van der Waals surface area contributed by atoms with Crippen LogP contribution in [0.15, 0.2) is 42.7 Å². The van der Waals surface area contributed by atoms with Gasteiger partial charge >= 0.3 is 0 Å². The van der Waals surface area contributed by atoms with E-state index in [1.54, 1.807) is 12.4 Å². The van der Waals surface area contributed by atoms with Crippen molar-refractivity contribution >= 4 is 17.5 Å². The average Bonchev–Trinajstić information content (AvgIpc) is 2.68. The molecule has 0 saturated carbocycles. The Morgan fingerprint density at radius 1 is 0.960 bits per heavy atom. The Hall–Kier alpha value is -2.67. The zero-order valence-electron chi connectivity index (χ0n) is 14.0. The predicted molar refractivity (Wildman–Crippen MR) is 95.0 cm³/mol. The number of carbonyl (C=O) groups is 1. The zero-order valence-corrected chi connectivity index (χ0v) is 14.0. The Labute approximate surface area is 146 Å². The van der Waals surface area contributed by atoms with Crippen molar-refractivity contribution in [2.75, 3.05) is 55.7 Å². The molecule has 0 N–H and O–H groups in total. The number of amides is 1. The molecule has 1 saturated heterocycles. The van der Waals surface area contributed by atoms with Crippen LogP contribution in [0.25, 0.3) is 0 Å². The highest BCUT2D eigenvalue weighted by atomic mass is 16.5. The maximum absolute atomic E-state index is 12.2. The minimum Gasteiger partial charge on any atom is -0.482 e. The number of hydrogen-bond acceptors (Lipinski definition) is 6. The summed E-state index contributed by atoms with van der Waals surface area (Å²) >= 11 is 0. The molecule has 1 fully saturated rings. The molecule has 2 aliphatic rings. The van der Waals surface area contributed by atoms with Gasteiger partial charge in [0.05, 0.1) is 5.69 Å². The SMILES string of the molecule is O=C1COc2ccccc2N1CCN1CCN(c2ncccn2)CC1. The third kappa shape index (κ3) is 3.41. The lowest BCUT2D eigenvalue weighted by molar-refractivity contribution is -0.121. The third-order valence-corrected chi connectivity index (χ3v) is 4.66. The molecule has 25 heavy (non-hydrogen) atoms. The molecule has 130 valence electrons. The second-order valence-corrected chi connectivity index (χ2v) is 6.18. The van der Waals surface area contributed by atoms with Crippen LogP contribution in [0.2, 0.25) is 0 Å². The minimum atomic E-state index is 0.0232. The van der Waals surface area contributed by atoms with Crippen LogP contribution in [0, 0.1) is 0 Å². The molecule has 4 rings (SSSR count). The highest BCUT2D eigenvalue weighted by Crippen LogP contribution is 2.31. The second kappa shape index (κ2) is 7.06. The van der Waals surface area contributed by atoms with Crippen molar-refractivity contribution in [1.29, 1.82) is 0 Å². The smallest absolute Gasteiger partial charge is 0.265 e. The van der Waals surface area contributed by atoms with E-state index in [-0.39, 0.29) is 12.5 Å². The number of aromatic nitrogens is 2. The molecule has 0 spiro atoms.